The summed E-state index contributed by atoms with van der Waals surface area (Å²) in [5, 5.41) is 12.4. The third-order valence-electron chi connectivity index (χ3n) is 7.39. The third kappa shape index (κ3) is 4.67. The summed E-state index contributed by atoms with van der Waals surface area (Å²) in [5.41, 5.74) is 4.65. The number of allylic oxidation sites excluding steroid dienone is 1. The average molecular weight is 475 g/mol. The normalized spacial score (nSPS) is 23.3. The number of carboxylic acids is 1. The number of hydrogen-bond acceptors (Lipinski definition) is 4. The molecule has 2 amide bonds. The van der Waals surface area contributed by atoms with Crippen LogP contribution in [-0.2, 0) is 14.3 Å². The number of likely N-dealkylation sites (tertiary alicyclic amines) is 1. The predicted octanol–water partition coefficient (Wildman–Crippen LogP) is 4.33. The molecule has 1 aliphatic heterocycles. The smallest absolute Gasteiger partial charge is 0.407 e. The van der Waals surface area contributed by atoms with Gasteiger partial charge in [0.2, 0.25) is 5.91 Å². The molecule has 182 valence electrons. The van der Waals surface area contributed by atoms with Crippen molar-refractivity contribution in [3.05, 3.63) is 71.8 Å². The summed E-state index contributed by atoms with van der Waals surface area (Å²) in [6.07, 6.45) is 6.36. The second-order valence-electron chi connectivity index (χ2n) is 9.55. The third-order valence-corrected chi connectivity index (χ3v) is 7.39. The Hall–Kier alpha value is -3.61. The summed E-state index contributed by atoms with van der Waals surface area (Å²) >= 11 is 0. The minimum Gasteiger partial charge on any atom is -0.480 e. The van der Waals surface area contributed by atoms with Crippen LogP contribution in [0, 0.1) is 5.92 Å². The zero-order valence-electron chi connectivity index (χ0n) is 19.6. The van der Waals surface area contributed by atoms with E-state index in [0.29, 0.717) is 25.8 Å². The van der Waals surface area contributed by atoms with Gasteiger partial charge in [0.15, 0.2) is 0 Å². The molecule has 2 aromatic rings. The number of alkyl carbamates (subject to hydrolysis) is 1. The number of rotatable bonds is 5. The number of carbonyl (C=O) groups is 3. The highest BCUT2D eigenvalue weighted by molar-refractivity contribution is 5.85. The van der Waals surface area contributed by atoms with Crippen molar-refractivity contribution < 1.29 is 24.2 Å². The maximum Gasteiger partial charge on any atom is 0.407 e. The number of aliphatic carboxylic acids is 1. The zero-order chi connectivity index (χ0) is 24.4. The fourth-order valence-corrected chi connectivity index (χ4v) is 5.68. The van der Waals surface area contributed by atoms with Crippen molar-refractivity contribution in [1.29, 1.82) is 0 Å². The Morgan fingerprint density at radius 3 is 2.37 bits per heavy atom. The van der Waals surface area contributed by atoms with E-state index in [1.54, 1.807) is 0 Å². The van der Waals surface area contributed by atoms with E-state index >= 15 is 0 Å². The molecule has 7 heteroatoms. The highest BCUT2D eigenvalue weighted by atomic mass is 16.5. The topological polar surface area (TPSA) is 95.9 Å². The highest BCUT2D eigenvalue weighted by Crippen LogP contribution is 2.44. The van der Waals surface area contributed by atoms with Gasteiger partial charge in [-0.15, -0.1) is 0 Å². The van der Waals surface area contributed by atoms with Crippen molar-refractivity contribution in [3.63, 3.8) is 0 Å². The monoisotopic (exact) mass is 474 g/mol. The number of amides is 2. The Bertz CT molecular complexity index is 1110. The summed E-state index contributed by atoms with van der Waals surface area (Å²) in [7, 11) is 0. The van der Waals surface area contributed by atoms with Crippen molar-refractivity contribution >= 4 is 18.0 Å². The molecule has 0 spiro atoms. The molecular weight excluding hydrogens is 444 g/mol. The Morgan fingerprint density at radius 2 is 1.69 bits per heavy atom. The Kier molecular flexibility index (Phi) is 6.57. The maximum atomic E-state index is 13.1. The Balaban J connectivity index is 1.19. The summed E-state index contributed by atoms with van der Waals surface area (Å²) in [4.78, 5) is 38.9. The van der Waals surface area contributed by atoms with E-state index in [9.17, 15) is 19.5 Å². The van der Waals surface area contributed by atoms with Gasteiger partial charge in [0.25, 0.3) is 0 Å². The number of fused-ring (bicyclic) bond motifs is 3. The van der Waals surface area contributed by atoms with Gasteiger partial charge in [0.1, 0.15) is 12.6 Å². The summed E-state index contributed by atoms with van der Waals surface area (Å²) in [5.74, 6) is -1.45. The lowest BCUT2D eigenvalue weighted by Crippen LogP contribution is -2.51. The maximum absolute atomic E-state index is 13.1. The molecule has 1 fully saturated rings. The Labute approximate surface area is 204 Å². The molecular formula is C28H30N2O5. The Morgan fingerprint density at radius 1 is 1.00 bits per heavy atom. The molecule has 1 heterocycles. The van der Waals surface area contributed by atoms with Gasteiger partial charge in [-0.1, -0.05) is 60.7 Å². The van der Waals surface area contributed by atoms with Crippen LogP contribution in [0.2, 0.25) is 0 Å². The lowest BCUT2D eigenvalue weighted by Gasteiger charge is -2.36. The average Bonchev–Trinajstić information content (AvgIpc) is 3.21. The van der Waals surface area contributed by atoms with Crippen molar-refractivity contribution in [2.75, 3.05) is 13.2 Å². The molecule has 7 nitrogen and oxygen atoms in total. The van der Waals surface area contributed by atoms with E-state index in [2.05, 4.69) is 29.6 Å². The largest absolute Gasteiger partial charge is 0.480 e. The molecule has 2 aliphatic carbocycles. The first-order valence-corrected chi connectivity index (χ1v) is 12.3. The number of ether oxygens (including phenoxy) is 1. The van der Waals surface area contributed by atoms with E-state index < -0.39 is 18.1 Å². The first kappa shape index (κ1) is 23.1. The van der Waals surface area contributed by atoms with E-state index in [4.69, 9.17) is 4.74 Å². The zero-order valence-corrected chi connectivity index (χ0v) is 19.6. The fraction of sp³-hybridized carbons (Fsp3) is 0.393. The molecule has 3 atom stereocenters. The van der Waals surface area contributed by atoms with Crippen molar-refractivity contribution in [1.82, 2.24) is 10.2 Å². The van der Waals surface area contributed by atoms with Crippen LogP contribution in [-0.4, -0.2) is 53.2 Å². The van der Waals surface area contributed by atoms with Crippen LogP contribution < -0.4 is 5.32 Å². The van der Waals surface area contributed by atoms with Gasteiger partial charge in [-0.25, -0.2) is 9.59 Å². The summed E-state index contributed by atoms with van der Waals surface area (Å²) < 4.78 is 5.65. The second-order valence-corrected chi connectivity index (χ2v) is 9.55. The molecule has 3 unspecified atom stereocenters. The quantitative estimate of drug-likeness (QED) is 0.629. The SMILES string of the molecule is O=C(NC1C=CCC(C(=O)N2CCCCC2C(=O)O)C1)OCC1c2ccccc2-c2ccccc21. The number of piperidine rings is 1. The van der Waals surface area contributed by atoms with Gasteiger partial charge < -0.3 is 20.1 Å². The summed E-state index contributed by atoms with van der Waals surface area (Å²) in [6.45, 7) is 0.702. The highest BCUT2D eigenvalue weighted by Gasteiger charge is 2.37. The number of nitrogens with zero attached hydrogens (tertiary/aromatic N) is 1. The number of benzene rings is 2. The van der Waals surface area contributed by atoms with E-state index in [1.165, 1.54) is 16.0 Å². The molecule has 0 radical (unpaired) electrons. The van der Waals surface area contributed by atoms with Crippen LogP contribution in [0.15, 0.2) is 60.7 Å². The summed E-state index contributed by atoms with van der Waals surface area (Å²) in [6, 6.07) is 15.3. The lowest BCUT2D eigenvalue weighted by atomic mass is 9.88. The number of carboxylic acid groups (broad SMARTS) is 1. The van der Waals surface area contributed by atoms with Crippen molar-refractivity contribution in [2.24, 2.45) is 5.92 Å². The minimum absolute atomic E-state index is 0.0172. The number of nitrogens with one attached hydrogen (secondary N) is 1. The van der Waals surface area contributed by atoms with E-state index in [1.807, 2.05) is 36.4 Å². The molecule has 3 aliphatic rings. The van der Waals surface area contributed by atoms with E-state index in [0.717, 1.165) is 24.0 Å². The van der Waals surface area contributed by atoms with Crippen LogP contribution in [0.25, 0.3) is 11.1 Å². The standard InChI is InChI=1S/C28H30N2O5/c31-26(30-15-6-5-14-25(30)27(32)33)18-8-7-9-19(16-18)29-28(34)35-17-24-22-12-3-1-10-20(22)21-11-2-4-13-23(21)24/h1-4,7,9-13,18-19,24-25H,5-6,8,14-17H2,(H,29,34)(H,32,33). The number of hydrogen-bond donors (Lipinski definition) is 2. The molecule has 1 saturated heterocycles. The van der Waals surface area contributed by atoms with Gasteiger partial charge in [0.05, 0.1) is 6.04 Å². The molecule has 2 N–H and O–H groups in total. The van der Waals surface area contributed by atoms with Crippen LogP contribution in [0.1, 0.15) is 49.1 Å². The molecule has 2 aromatic carbocycles. The molecule has 5 rings (SSSR count). The van der Waals surface area contributed by atoms with Crippen molar-refractivity contribution in [3.8, 4) is 11.1 Å². The van der Waals surface area contributed by atoms with Crippen LogP contribution in [0.3, 0.4) is 0 Å². The van der Waals surface area contributed by atoms with Crippen LogP contribution in [0.5, 0.6) is 0 Å². The van der Waals surface area contributed by atoms with Gasteiger partial charge in [-0.2, -0.15) is 0 Å². The minimum atomic E-state index is -0.947. The van der Waals surface area contributed by atoms with Gasteiger partial charge in [-0.3, -0.25) is 4.79 Å². The second kappa shape index (κ2) is 9.94. The van der Waals surface area contributed by atoms with Gasteiger partial charge in [0, 0.05) is 18.4 Å². The number of carbonyl (C=O) groups excluding carboxylic acids is 2. The molecule has 0 saturated carbocycles. The van der Waals surface area contributed by atoms with Crippen LogP contribution in [0.4, 0.5) is 4.79 Å². The lowest BCUT2D eigenvalue weighted by molar-refractivity contribution is -0.154. The van der Waals surface area contributed by atoms with Crippen LogP contribution >= 0.6 is 0 Å². The first-order valence-electron chi connectivity index (χ1n) is 12.3. The predicted molar refractivity (Wildman–Crippen MR) is 131 cm³/mol. The fourth-order valence-electron chi connectivity index (χ4n) is 5.68. The molecule has 35 heavy (non-hydrogen) atoms. The van der Waals surface area contributed by atoms with E-state index in [-0.39, 0.29) is 30.4 Å². The first-order chi connectivity index (χ1) is 17.0. The van der Waals surface area contributed by atoms with Crippen molar-refractivity contribution in [2.45, 2.75) is 50.1 Å². The van der Waals surface area contributed by atoms with Gasteiger partial charge in [-0.05, 0) is 54.4 Å². The molecule has 0 aromatic heterocycles. The molecule has 0 bridgehead atoms. The van der Waals surface area contributed by atoms with Gasteiger partial charge >= 0.3 is 12.1 Å².